The number of thiophene rings is 1. The molecule has 0 bridgehead atoms. The molecule has 1 N–H and O–H groups in total. The van der Waals surface area contributed by atoms with Crippen LogP contribution in [0.3, 0.4) is 0 Å². The van der Waals surface area contributed by atoms with Gasteiger partial charge in [-0.15, -0.1) is 11.3 Å². The van der Waals surface area contributed by atoms with Gasteiger partial charge in [-0.3, -0.25) is 0 Å². The Morgan fingerprint density at radius 3 is 3.00 bits per heavy atom. The van der Waals surface area contributed by atoms with Gasteiger partial charge in [0.1, 0.15) is 6.61 Å². The molecule has 1 aromatic heterocycles. The molecule has 17 heavy (non-hydrogen) atoms. The average molecular weight is 252 g/mol. The van der Waals surface area contributed by atoms with Crippen LogP contribution >= 0.6 is 11.3 Å². The average Bonchev–Trinajstić information content (AvgIpc) is 2.79. The van der Waals surface area contributed by atoms with Crippen molar-refractivity contribution in [3.05, 3.63) is 21.9 Å². The molecule has 0 amide bonds. The lowest BCUT2D eigenvalue weighted by molar-refractivity contribution is 0.119. The van der Waals surface area contributed by atoms with Crippen LogP contribution in [0, 0.1) is 11.8 Å². The Balaban J connectivity index is 2.16. The molecule has 0 radical (unpaired) electrons. The summed E-state index contributed by atoms with van der Waals surface area (Å²) in [5.41, 5.74) is 0.966. The number of ether oxygens (including phenoxy) is 1. The molecule has 0 aliphatic heterocycles. The zero-order valence-corrected chi connectivity index (χ0v) is 11.2. The first-order valence-electron chi connectivity index (χ1n) is 6.11. The van der Waals surface area contributed by atoms with Crippen molar-refractivity contribution < 1.29 is 9.84 Å². The van der Waals surface area contributed by atoms with Gasteiger partial charge in [0.25, 0.3) is 0 Å². The lowest BCUT2D eigenvalue weighted by atomic mass is 10.2. The second-order valence-electron chi connectivity index (χ2n) is 3.87. The number of unbranched alkanes of at least 4 members (excludes halogenated alkanes) is 3. The van der Waals surface area contributed by atoms with Gasteiger partial charge in [0.15, 0.2) is 0 Å². The molecule has 0 aliphatic carbocycles. The molecule has 0 aromatic carbocycles. The molecule has 3 heteroatoms. The fraction of sp³-hybridized carbons (Fsp3) is 0.571. The minimum atomic E-state index is -0.0842. The van der Waals surface area contributed by atoms with Gasteiger partial charge in [0.05, 0.1) is 6.61 Å². The van der Waals surface area contributed by atoms with E-state index in [1.807, 2.05) is 11.4 Å². The van der Waals surface area contributed by atoms with Gasteiger partial charge < -0.3 is 9.84 Å². The number of hydrogen-bond acceptors (Lipinski definition) is 3. The maximum absolute atomic E-state index is 8.58. The molecule has 0 spiro atoms. The van der Waals surface area contributed by atoms with E-state index in [-0.39, 0.29) is 6.61 Å². The molecule has 0 aliphatic rings. The number of aliphatic hydroxyl groups is 1. The van der Waals surface area contributed by atoms with Crippen molar-refractivity contribution in [3.63, 3.8) is 0 Å². The highest BCUT2D eigenvalue weighted by Gasteiger charge is 1.98. The summed E-state index contributed by atoms with van der Waals surface area (Å²) in [6, 6.07) is 2.03. The Morgan fingerprint density at radius 1 is 1.35 bits per heavy atom. The molecule has 0 fully saturated rings. The van der Waals surface area contributed by atoms with E-state index in [9.17, 15) is 0 Å². The first kappa shape index (κ1) is 14.2. The third kappa shape index (κ3) is 6.48. The smallest absolute Gasteiger partial charge is 0.104 e. The van der Waals surface area contributed by atoms with Crippen molar-refractivity contribution in [2.75, 3.05) is 13.2 Å². The van der Waals surface area contributed by atoms with Gasteiger partial charge in [0.2, 0.25) is 0 Å². The summed E-state index contributed by atoms with van der Waals surface area (Å²) in [4.78, 5) is 1.20. The van der Waals surface area contributed by atoms with E-state index < -0.39 is 0 Å². The van der Waals surface area contributed by atoms with Gasteiger partial charge in [-0.1, -0.05) is 38.0 Å². The van der Waals surface area contributed by atoms with E-state index >= 15 is 0 Å². The molecule has 1 aromatic rings. The van der Waals surface area contributed by atoms with Crippen LogP contribution < -0.4 is 0 Å². The third-order valence-electron chi connectivity index (χ3n) is 2.35. The van der Waals surface area contributed by atoms with Crippen LogP contribution in [-0.2, 0) is 11.3 Å². The van der Waals surface area contributed by atoms with Gasteiger partial charge >= 0.3 is 0 Å². The highest BCUT2D eigenvalue weighted by molar-refractivity contribution is 7.10. The summed E-state index contributed by atoms with van der Waals surface area (Å²) in [6.45, 7) is 3.65. The van der Waals surface area contributed by atoms with Crippen molar-refractivity contribution in [1.82, 2.24) is 0 Å². The minimum absolute atomic E-state index is 0.0842. The number of rotatable bonds is 7. The van der Waals surface area contributed by atoms with E-state index in [1.165, 1.54) is 24.1 Å². The largest absolute Gasteiger partial charge is 0.384 e. The number of hydrogen-bond donors (Lipinski definition) is 1. The topological polar surface area (TPSA) is 29.5 Å². The monoisotopic (exact) mass is 252 g/mol. The molecule has 94 valence electrons. The zero-order valence-electron chi connectivity index (χ0n) is 10.4. The lowest BCUT2D eigenvalue weighted by Crippen LogP contribution is -1.93. The zero-order chi connectivity index (χ0) is 12.3. The summed E-state index contributed by atoms with van der Waals surface area (Å²) in [7, 11) is 0. The first-order valence-corrected chi connectivity index (χ1v) is 6.99. The molecule has 1 heterocycles. The predicted molar refractivity (Wildman–Crippen MR) is 72.1 cm³/mol. The highest BCUT2D eigenvalue weighted by Crippen LogP contribution is 2.15. The second-order valence-corrected chi connectivity index (χ2v) is 4.87. The van der Waals surface area contributed by atoms with Crippen molar-refractivity contribution in [1.29, 1.82) is 0 Å². The first-order chi connectivity index (χ1) is 8.36. The van der Waals surface area contributed by atoms with Crippen molar-refractivity contribution in [3.8, 4) is 11.8 Å². The van der Waals surface area contributed by atoms with Crippen LogP contribution in [0.2, 0.25) is 0 Å². The van der Waals surface area contributed by atoms with Crippen LogP contribution in [0.4, 0.5) is 0 Å². The lowest BCUT2D eigenvalue weighted by Gasteiger charge is -2.01. The molecule has 0 atom stereocenters. The summed E-state index contributed by atoms with van der Waals surface area (Å²) in [5, 5.41) is 10.6. The highest BCUT2D eigenvalue weighted by atomic mass is 32.1. The van der Waals surface area contributed by atoms with E-state index in [1.54, 1.807) is 11.3 Å². The summed E-state index contributed by atoms with van der Waals surface area (Å²) < 4.78 is 5.60. The SMILES string of the molecule is CCCCCCOCc1cc(C#CCO)cs1. The summed E-state index contributed by atoms with van der Waals surface area (Å²) >= 11 is 1.66. The van der Waals surface area contributed by atoms with Gasteiger partial charge in [-0.2, -0.15) is 0 Å². The second kappa shape index (κ2) is 9.23. The quantitative estimate of drug-likeness (QED) is 0.596. The Hall–Kier alpha value is -0.820. The van der Waals surface area contributed by atoms with Crippen LogP contribution in [0.5, 0.6) is 0 Å². The molecule has 0 saturated carbocycles. The van der Waals surface area contributed by atoms with Gasteiger partial charge in [0, 0.05) is 22.4 Å². The normalized spacial score (nSPS) is 10.0. The van der Waals surface area contributed by atoms with Crippen molar-refractivity contribution in [2.45, 2.75) is 39.2 Å². The third-order valence-corrected chi connectivity index (χ3v) is 3.26. The fourth-order valence-electron chi connectivity index (χ4n) is 1.47. The molecule has 0 saturated heterocycles. The van der Waals surface area contributed by atoms with E-state index in [2.05, 4.69) is 18.8 Å². The van der Waals surface area contributed by atoms with Crippen molar-refractivity contribution in [2.24, 2.45) is 0 Å². The van der Waals surface area contributed by atoms with E-state index in [0.29, 0.717) is 6.61 Å². The van der Waals surface area contributed by atoms with Crippen LogP contribution in [0.15, 0.2) is 11.4 Å². The van der Waals surface area contributed by atoms with Crippen LogP contribution in [0.1, 0.15) is 43.0 Å². The Kier molecular flexibility index (Phi) is 7.74. The summed E-state index contributed by atoms with van der Waals surface area (Å²) in [5.74, 6) is 5.53. The summed E-state index contributed by atoms with van der Waals surface area (Å²) in [6.07, 6.45) is 4.96. The van der Waals surface area contributed by atoms with Gasteiger partial charge in [-0.25, -0.2) is 0 Å². The van der Waals surface area contributed by atoms with Gasteiger partial charge in [-0.05, 0) is 12.5 Å². The predicted octanol–water partition coefficient (Wildman–Crippen LogP) is 3.19. The Bertz CT molecular complexity index is 360. The molecule has 0 unspecified atom stereocenters. The van der Waals surface area contributed by atoms with E-state index in [0.717, 1.165) is 18.6 Å². The Labute approximate surface area is 108 Å². The van der Waals surface area contributed by atoms with Crippen molar-refractivity contribution >= 4 is 11.3 Å². The standard InChI is InChI=1S/C14H20O2S/c1-2-3-4-5-9-16-11-14-10-13(12-17-14)7-6-8-15/h10,12,15H,2-5,8-9,11H2,1H3. The molecular weight excluding hydrogens is 232 g/mol. The van der Waals surface area contributed by atoms with Crippen LogP contribution in [0.25, 0.3) is 0 Å². The molecule has 1 rings (SSSR count). The van der Waals surface area contributed by atoms with E-state index in [4.69, 9.17) is 9.84 Å². The van der Waals surface area contributed by atoms with Crippen LogP contribution in [-0.4, -0.2) is 18.3 Å². The molecule has 2 nitrogen and oxygen atoms in total. The number of aliphatic hydroxyl groups excluding tert-OH is 1. The molecular formula is C14H20O2S. The maximum atomic E-state index is 8.58. The fourth-order valence-corrected chi connectivity index (χ4v) is 2.22. The Morgan fingerprint density at radius 2 is 2.24 bits per heavy atom. The maximum Gasteiger partial charge on any atom is 0.104 e. The minimum Gasteiger partial charge on any atom is -0.384 e.